The monoisotopic (exact) mass is 497 g/mol. The Bertz CT molecular complexity index is 481. The molecule has 1 aromatic heterocycles. The fraction of sp³-hybridized carbons (Fsp3) is 0. The van der Waals surface area contributed by atoms with Gasteiger partial charge in [0, 0.05) is 0 Å². The molecule has 0 bridgehead atoms. The third-order valence-electron chi connectivity index (χ3n) is 0.409. The molecule has 19 nitrogen and oxygen atoms in total. The predicted molar refractivity (Wildman–Crippen MR) is 60.0 cm³/mol. The van der Waals surface area contributed by atoms with Gasteiger partial charge in [0.25, 0.3) is 0 Å². The molecule has 0 amide bonds. The zero-order chi connectivity index (χ0) is 22.2. The van der Waals surface area contributed by atoms with Crippen molar-refractivity contribution in [1.82, 2.24) is 15.4 Å². The minimum Gasteiger partial charge on any atom is -0.822 e. The van der Waals surface area contributed by atoms with E-state index in [9.17, 15) is 0 Å². The maximum Gasteiger partial charge on any atom is 4.00 e. The van der Waals surface area contributed by atoms with Crippen LogP contribution in [0.15, 0.2) is 18.5 Å². The summed E-state index contributed by atoms with van der Waals surface area (Å²) in [5.74, 6) is 0. The minimum absolute atomic E-state index is 0. The van der Waals surface area contributed by atoms with Crippen LogP contribution in [0.3, 0.4) is 0 Å². The van der Waals surface area contributed by atoms with E-state index in [0.29, 0.717) is 0 Å². The molecule has 0 saturated heterocycles. The fourth-order valence-electron chi connectivity index (χ4n) is 0.205. The number of hydrogen-bond donors (Lipinski definition) is 0. The van der Waals surface area contributed by atoms with Gasteiger partial charge in [-0.2, -0.15) is 31.3 Å². The number of phosphoric acid groups is 4. The van der Waals surface area contributed by atoms with Gasteiger partial charge >= 0.3 is 22.3 Å². The Hall–Kier alpha value is -0.550. The summed E-state index contributed by atoms with van der Waals surface area (Å²) >= 11 is 0. The molecule has 0 atom stereocenters. The quantitative estimate of drug-likeness (QED) is 0.300. The average molecular weight is 497 g/mol. The predicted octanol–water partition coefficient (Wildman–Crippen LogP) is -11.2. The van der Waals surface area contributed by atoms with E-state index in [1.165, 1.54) is 0 Å². The van der Waals surface area contributed by atoms with Crippen molar-refractivity contribution in [2.24, 2.45) is 0 Å². The molecule has 1 heterocycles. The summed E-state index contributed by atoms with van der Waals surface area (Å²) in [7, 11) is -21.6. The van der Waals surface area contributed by atoms with Crippen molar-refractivity contribution in [2.45, 2.75) is 0 Å². The molecule has 158 valence electrons. The van der Waals surface area contributed by atoms with Crippen LogP contribution in [0.4, 0.5) is 0 Å². The normalized spacial score (nSPS) is 9.79. The number of aromatic nitrogens is 3. The average Bonchev–Trinajstić information content (AvgIpc) is 2.21. The SMILES string of the molecule is O=P([O-])([O-])[O-].O=P([O-])([O-])[O-].O=P([O-])([O-])[O-].O=P([O-])([O-])[O-].[C+4].[C+4].[C+4].c1cnnnc1. The molecule has 1 rings (SSSR count). The van der Waals surface area contributed by atoms with Crippen LogP contribution < -0.4 is 58.7 Å². The summed E-state index contributed by atoms with van der Waals surface area (Å²) in [6.45, 7) is 0. The van der Waals surface area contributed by atoms with Gasteiger partial charge in [-0.05, 0) is 11.3 Å². The first-order chi connectivity index (χ1) is 11.0. The van der Waals surface area contributed by atoms with Gasteiger partial charge < -0.3 is 77.0 Å². The van der Waals surface area contributed by atoms with Crippen molar-refractivity contribution in [2.75, 3.05) is 0 Å². The first kappa shape index (κ1) is 46.6. The van der Waals surface area contributed by atoms with Gasteiger partial charge in [-0.25, -0.2) is 0 Å². The van der Waals surface area contributed by atoms with E-state index in [1.54, 1.807) is 18.5 Å². The maximum absolute atomic E-state index is 8.55. The van der Waals surface area contributed by atoms with Crippen LogP contribution in [-0.4, -0.2) is 15.4 Å². The summed E-state index contributed by atoms with van der Waals surface area (Å²) in [4.78, 5) is 103. The second kappa shape index (κ2) is 22.1. The topological polar surface area (TPSA) is 384 Å². The summed E-state index contributed by atoms with van der Waals surface area (Å²) < 4.78 is 34.2. The van der Waals surface area contributed by atoms with Crippen molar-refractivity contribution in [3.8, 4) is 0 Å². The van der Waals surface area contributed by atoms with E-state index in [1.807, 2.05) is 0 Å². The molecule has 0 aliphatic carbocycles. The maximum atomic E-state index is 8.55. The molecular weight excluding hydrogens is 494 g/mol. The number of hydrogen-bond acceptors (Lipinski definition) is 19. The van der Waals surface area contributed by atoms with Gasteiger partial charge in [0.1, 0.15) is 0 Å². The van der Waals surface area contributed by atoms with E-state index in [4.69, 9.17) is 77.0 Å². The zero-order valence-corrected chi connectivity index (χ0v) is 16.5. The molecule has 0 radical (unpaired) electrons. The van der Waals surface area contributed by atoms with Crippen molar-refractivity contribution in [1.29, 1.82) is 0 Å². The molecule has 23 heteroatoms. The molecule has 0 aliphatic heterocycles. The minimum atomic E-state index is -5.39. The van der Waals surface area contributed by atoms with Crippen LogP contribution in [0.25, 0.3) is 0 Å². The van der Waals surface area contributed by atoms with Gasteiger partial charge in [-0.15, -0.1) is 10.2 Å². The molecule has 0 aromatic carbocycles. The Labute approximate surface area is 165 Å². The van der Waals surface area contributed by atoms with Crippen LogP contribution in [0.2, 0.25) is 0 Å². The van der Waals surface area contributed by atoms with Gasteiger partial charge in [0.15, 0.2) is 0 Å². The molecule has 0 saturated carbocycles. The summed E-state index contributed by atoms with van der Waals surface area (Å²) in [5.41, 5.74) is 0. The first-order valence-electron chi connectivity index (χ1n) is 4.50. The Morgan fingerprint density at radius 2 is 0.586 bits per heavy atom. The largest absolute Gasteiger partial charge is 4.00 e. The Balaban J connectivity index is -0.0000000408. The molecule has 0 spiro atoms. The third kappa shape index (κ3) is 599. The summed E-state index contributed by atoms with van der Waals surface area (Å²) in [6.07, 6.45) is 3.15. The molecule has 0 fully saturated rings. The summed E-state index contributed by atoms with van der Waals surface area (Å²) in [5, 5.41) is 10.1. The number of nitrogens with zero attached hydrogens (tertiary/aromatic N) is 3. The van der Waals surface area contributed by atoms with E-state index in [0.717, 1.165) is 0 Å². The smallest absolute Gasteiger partial charge is 0.822 e. The van der Waals surface area contributed by atoms with E-state index in [2.05, 4.69) is 15.4 Å². The first-order valence-corrected chi connectivity index (χ1v) is 10.3. The third-order valence-corrected chi connectivity index (χ3v) is 0.409. The van der Waals surface area contributed by atoms with E-state index in [-0.39, 0.29) is 22.3 Å². The van der Waals surface area contributed by atoms with Crippen LogP contribution in [-0.2, 0) is 18.3 Å². The van der Waals surface area contributed by atoms with Gasteiger partial charge in [-0.1, -0.05) is 0 Å². The standard InChI is InChI=1S/C3H3N3.3C.4H3O4P/c1-2-4-6-5-3-1;;;;4*1-5(2,3)4/h1-3H;;;;4*(H3,1,2,3,4)/q;3*+4;;;;/p-12. The second-order valence-electron chi connectivity index (χ2n) is 2.60. The zero-order valence-electron chi connectivity index (χ0n) is 12.9. The Kier molecular flexibility index (Phi) is 35.6. The van der Waals surface area contributed by atoms with Crippen LogP contribution in [0.5, 0.6) is 0 Å². The van der Waals surface area contributed by atoms with Crippen LogP contribution in [0, 0.1) is 22.3 Å². The van der Waals surface area contributed by atoms with E-state index < -0.39 is 31.3 Å². The van der Waals surface area contributed by atoms with Gasteiger partial charge in [0.2, 0.25) is 0 Å². The van der Waals surface area contributed by atoms with Crippen molar-refractivity contribution < 1.29 is 77.0 Å². The van der Waals surface area contributed by atoms with Crippen LogP contribution in [0.1, 0.15) is 0 Å². The molecule has 0 aliphatic rings. The van der Waals surface area contributed by atoms with Gasteiger partial charge in [-0.3, -0.25) is 0 Å². The Morgan fingerprint density at radius 1 is 0.448 bits per heavy atom. The molecular formula is C6H3N3O16P4. The fourth-order valence-corrected chi connectivity index (χ4v) is 0.205. The summed E-state index contributed by atoms with van der Waals surface area (Å²) in [6, 6.07) is 1.72. The van der Waals surface area contributed by atoms with Crippen molar-refractivity contribution in [3.63, 3.8) is 0 Å². The second-order valence-corrected chi connectivity index (χ2v) is 6.18. The number of rotatable bonds is 0. The molecule has 0 N–H and O–H groups in total. The van der Waals surface area contributed by atoms with Crippen molar-refractivity contribution in [3.05, 3.63) is 40.7 Å². The van der Waals surface area contributed by atoms with Crippen molar-refractivity contribution >= 4 is 31.3 Å². The van der Waals surface area contributed by atoms with Crippen LogP contribution >= 0.6 is 31.3 Å². The molecule has 0 unspecified atom stereocenters. The van der Waals surface area contributed by atoms with E-state index >= 15 is 0 Å². The van der Waals surface area contributed by atoms with Gasteiger partial charge in [0.05, 0.1) is 12.4 Å². The molecule has 1 aromatic rings. The molecule has 29 heavy (non-hydrogen) atoms. The Morgan fingerprint density at radius 3 is 0.621 bits per heavy atom.